The maximum atomic E-state index is 14.6. The fourth-order valence-corrected chi connectivity index (χ4v) is 4.06. The third-order valence-electron chi connectivity index (χ3n) is 5.65. The van der Waals surface area contributed by atoms with Crippen LogP contribution in [0.4, 0.5) is 13.2 Å². The molecule has 1 aliphatic rings. The molecule has 0 unspecified atom stereocenters. The maximum absolute atomic E-state index is 14.6. The van der Waals surface area contributed by atoms with Crippen LogP contribution in [-0.2, 0) is 0 Å². The predicted molar refractivity (Wildman–Crippen MR) is 106 cm³/mol. The first-order valence-electron chi connectivity index (χ1n) is 9.99. The molecule has 1 aliphatic carbocycles. The first kappa shape index (κ1) is 20.5. The van der Waals surface area contributed by atoms with Crippen molar-refractivity contribution in [3.8, 4) is 5.75 Å². The van der Waals surface area contributed by atoms with E-state index in [1.807, 2.05) is 19.1 Å². The average Bonchev–Trinajstić information content (AvgIpc) is 2.69. The zero-order chi connectivity index (χ0) is 20.1. The molecule has 2 aromatic carbocycles. The highest BCUT2D eigenvalue weighted by Gasteiger charge is 2.28. The minimum absolute atomic E-state index is 0.0410. The van der Waals surface area contributed by atoms with Crippen LogP contribution in [0.2, 0.25) is 0 Å². The second-order valence-corrected chi connectivity index (χ2v) is 7.63. The Balaban J connectivity index is 1.65. The molecular formula is C24H27F3O. The van der Waals surface area contributed by atoms with Crippen LogP contribution < -0.4 is 4.74 Å². The fraction of sp³-hybridized carbons (Fsp3) is 0.417. The first-order valence-corrected chi connectivity index (χ1v) is 9.99. The number of rotatable bonds is 7. The van der Waals surface area contributed by atoms with E-state index >= 15 is 0 Å². The molecule has 2 aromatic rings. The molecule has 0 saturated heterocycles. The Kier molecular flexibility index (Phi) is 6.82. The second kappa shape index (κ2) is 9.31. The number of unbranched alkanes of at least 4 members (excludes halogenated alkanes) is 1. The van der Waals surface area contributed by atoms with Crippen LogP contribution in [0.5, 0.6) is 5.75 Å². The van der Waals surface area contributed by atoms with Gasteiger partial charge in [0.05, 0.1) is 6.61 Å². The van der Waals surface area contributed by atoms with Crippen molar-refractivity contribution >= 4 is 0 Å². The fourth-order valence-electron chi connectivity index (χ4n) is 4.06. The van der Waals surface area contributed by atoms with Gasteiger partial charge >= 0.3 is 0 Å². The molecule has 1 fully saturated rings. The van der Waals surface area contributed by atoms with Crippen LogP contribution in [0.1, 0.15) is 67.1 Å². The number of benzene rings is 2. The highest BCUT2D eigenvalue weighted by atomic mass is 19.2. The molecule has 0 aliphatic heterocycles. The molecule has 0 amide bonds. The molecule has 3 rings (SSSR count). The minimum atomic E-state index is -0.914. The Morgan fingerprint density at radius 1 is 0.964 bits per heavy atom. The molecule has 150 valence electrons. The summed E-state index contributed by atoms with van der Waals surface area (Å²) in [6.07, 6.45) is 6.22. The first-order chi connectivity index (χ1) is 13.5. The van der Waals surface area contributed by atoms with Gasteiger partial charge in [-0.3, -0.25) is 0 Å². The summed E-state index contributed by atoms with van der Waals surface area (Å²) < 4.78 is 48.6. The van der Waals surface area contributed by atoms with Gasteiger partial charge in [-0.1, -0.05) is 24.3 Å². The lowest BCUT2D eigenvalue weighted by Crippen LogP contribution is -2.15. The Bertz CT molecular complexity index is 823. The summed E-state index contributed by atoms with van der Waals surface area (Å²) in [6, 6.07) is 8.50. The summed E-state index contributed by atoms with van der Waals surface area (Å²) in [6.45, 7) is 5.82. The number of halogens is 3. The van der Waals surface area contributed by atoms with Gasteiger partial charge in [-0.15, -0.1) is 6.58 Å². The summed E-state index contributed by atoms with van der Waals surface area (Å²) in [7, 11) is 0. The van der Waals surface area contributed by atoms with Gasteiger partial charge in [-0.05, 0) is 86.1 Å². The lowest BCUT2D eigenvalue weighted by molar-refractivity contribution is 0.289. The highest BCUT2D eigenvalue weighted by Crippen LogP contribution is 2.42. The molecule has 1 nitrogen and oxygen atoms in total. The normalized spacial score (nSPS) is 19.4. The SMILES string of the molecule is C=CCCCOc1ccc(C2CCC(c3ccc(C)cc3F)CC2)c(F)c1F. The minimum Gasteiger partial charge on any atom is -0.490 e. The van der Waals surface area contributed by atoms with E-state index in [2.05, 4.69) is 6.58 Å². The van der Waals surface area contributed by atoms with E-state index in [0.717, 1.165) is 30.4 Å². The third-order valence-corrected chi connectivity index (χ3v) is 5.65. The summed E-state index contributed by atoms with van der Waals surface area (Å²) in [5.41, 5.74) is 2.04. The lowest BCUT2D eigenvalue weighted by Gasteiger charge is -2.29. The van der Waals surface area contributed by atoms with Crippen LogP contribution in [0.25, 0.3) is 0 Å². The van der Waals surface area contributed by atoms with Gasteiger partial charge in [0.15, 0.2) is 11.6 Å². The number of hydrogen-bond acceptors (Lipinski definition) is 1. The Morgan fingerprint density at radius 3 is 2.25 bits per heavy atom. The number of aryl methyl sites for hydroxylation is 1. The highest BCUT2D eigenvalue weighted by molar-refractivity contribution is 5.34. The van der Waals surface area contributed by atoms with Crippen molar-refractivity contribution in [3.63, 3.8) is 0 Å². The number of allylic oxidation sites excluding steroid dienone is 1. The van der Waals surface area contributed by atoms with E-state index in [1.54, 1.807) is 18.2 Å². The Morgan fingerprint density at radius 2 is 1.61 bits per heavy atom. The largest absolute Gasteiger partial charge is 0.490 e. The van der Waals surface area contributed by atoms with Crippen molar-refractivity contribution in [2.75, 3.05) is 6.61 Å². The lowest BCUT2D eigenvalue weighted by atomic mass is 9.76. The second-order valence-electron chi connectivity index (χ2n) is 7.63. The van der Waals surface area contributed by atoms with Crippen molar-refractivity contribution in [3.05, 3.63) is 77.1 Å². The van der Waals surface area contributed by atoms with Crippen LogP contribution >= 0.6 is 0 Å². The van der Waals surface area contributed by atoms with E-state index in [1.165, 1.54) is 6.07 Å². The maximum Gasteiger partial charge on any atom is 0.200 e. The standard InChI is InChI=1S/C24H27F3O/c1-3-4-5-14-28-22-13-12-20(23(26)24(22)27)18-9-7-17(8-10-18)19-11-6-16(2)15-21(19)25/h3,6,11-13,15,17-18H,1,4-5,7-10,14H2,2H3. The van der Waals surface area contributed by atoms with Gasteiger partial charge in [0, 0.05) is 0 Å². The molecule has 4 heteroatoms. The summed E-state index contributed by atoms with van der Waals surface area (Å²) in [5.74, 6) is -1.85. The summed E-state index contributed by atoms with van der Waals surface area (Å²) in [5, 5.41) is 0. The Hall–Kier alpha value is -2.23. The Labute approximate surface area is 165 Å². The van der Waals surface area contributed by atoms with Crippen molar-refractivity contribution in [1.82, 2.24) is 0 Å². The van der Waals surface area contributed by atoms with Gasteiger partial charge in [0.2, 0.25) is 5.82 Å². The van der Waals surface area contributed by atoms with Crippen molar-refractivity contribution in [2.45, 2.75) is 57.3 Å². The number of hydrogen-bond donors (Lipinski definition) is 0. The van der Waals surface area contributed by atoms with E-state index in [9.17, 15) is 13.2 Å². The van der Waals surface area contributed by atoms with E-state index < -0.39 is 11.6 Å². The molecule has 0 atom stereocenters. The van der Waals surface area contributed by atoms with E-state index in [0.29, 0.717) is 31.4 Å². The summed E-state index contributed by atoms with van der Waals surface area (Å²) >= 11 is 0. The van der Waals surface area contributed by atoms with E-state index in [-0.39, 0.29) is 23.4 Å². The van der Waals surface area contributed by atoms with Crippen molar-refractivity contribution in [1.29, 1.82) is 0 Å². The predicted octanol–water partition coefficient (Wildman–Crippen LogP) is 7.20. The molecule has 0 spiro atoms. The molecule has 0 heterocycles. The van der Waals surface area contributed by atoms with Gasteiger partial charge in [0.25, 0.3) is 0 Å². The van der Waals surface area contributed by atoms with Crippen LogP contribution in [0, 0.1) is 24.4 Å². The molecule has 28 heavy (non-hydrogen) atoms. The molecular weight excluding hydrogens is 361 g/mol. The molecule has 0 radical (unpaired) electrons. The zero-order valence-corrected chi connectivity index (χ0v) is 16.3. The molecule has 1 saturated carbocycles. The van der Waals surface area contributed by atoms with Crippen LogP contribution in [-0.4, -0.2) is 6.61 Å². The van der Waals surface area contributed by atoms with Gasteiger partial charge in [-0.25, -0.2) is 8.78 Å². The van der Waals surface area contributed by atoms with Crippen molar-refractivity contribution in [2.24, 2.45) is 0 Å². The quantitative estimate of drug-likeness (QED) is 0.360. The molecule has 0 aromatic heterocycles. The number of ether oxygens (including phenoxy) is 1. The van der Waals surface area contributed by atoms with Crippen molar-refractivity contribution < 1.29 is 17.9 Å². The average molecular weight is 388 g/mol. The van der Waals surface area contributed by atoms with Gasteiger partial charge < -0.3 is 4.74 Å². The van der Waals surface area contributed by atoms with E-state index in [4.69, 9.17) is 4.74 Å². The third kappa shape index (κ3) is 4.60. The monoisotopic (exact) mass is 388 g/mol. The van der Waals surface area contributed by atoms with Gasteiger partial charge in [-0.2, -0.15) is 4.39 Å². The van der Waals surface area contributed by atoms with Crippen LogP contribution in [0.15, 0.2) is 43.0 Å². The smallest absolute Gasteiger partial charge is 0.200 e. The molecule has 0 bridgehead atoms. The van der Waals surface area contributed by atoms with Crippen LogP contribution in [0.3, 0.4) is 0 Å². The zero-order valence-electron chi connectivity index (χ0n) is 16.3. The van der Waals surface area contributed by atoms with Gasteiger partial charge in [0.1, 0.15) is 5.82 Å². The summed E-state index contributed by atoms with van der Waals surface area (Å²) in [4.78, 5) is 0. The molecule has 0 N–H and O–H groups in total. The topological polar surface area (TPSA) is 9.23 Å².